The van der Waals surface area contributed by atoms with E-state index in [1.165, 1.54) is 12.1 Å². The van der Waals surface area contributed by atoms with E-state index in [2.05, 4.69) is 16.5 Å². The van der Waals surface area contributed by atoms with Gasteiger partial charge in [0.25, 0.3) is 6.49 Å². The summed E-state index contributed by atoms with van der Waals surface area (Å²) in [6, 6.07) is 8.12. The molecule has 1 N–H and O–H groups in total. The first-order valence-electron chi connectivity index (χ1n) is 2.85. The Kier molecular flexibility index (Phi) is 8.13. The van der Waals surface area contributed by atoms with Gasteiger partial charge in [0.05, 0.1) is 0 Å². The van der Waals surface area contributed by atoms with Gasteiger partial charge in [0.2, 0.25) is 0 Å². The summed E-state index contributed by atoms with van der Waals surface area (Å²) >= 11 is 4.48. The summed E-state index contributed by atoms with van der Waals surface area (Å²) < 4.78 is 15.0. The molecule has 0 heterocycles. The zero-order valence-electron chi connectivity index (χ0n) is 6.29. The Morgan fingerprint density at radius 3 is 2.08 bits per heavy atom. The SMILES string of the molecule is Cl.Cl.OP(=S)(OF)c1ccccc1. The molecule has 0 aliphatic carbocycles. The molecule has 0 aliphatic heterocycles. The summed E-state index contributed by atoms with van der Waals surface area (Å²) in [6.07, 6.45) is 0. The molecule has 7 heteroatoms. The smallest absolute Gasteiger partial charge is 0.255 e. The monoisotopic (exact) mass is 264 g/mol. The Bertz CT molecular complexity index is 285. The van der Waals surface area contributed by atoms with E-state index in [9.17, 15) is 4.53 Å². The van der Waals surface area contributed by atoms with Crippen LogP contribution >= 0.6 is 31.3 Å². The van der Waals surface area contributed by atoms with Gasteiger partial charge in [0.1, 0.15) is 0 Å². The lowest BCUT2D eigenvalue weighted by Gasteiger charge is -2.07. The van der Waals surface area contributed by atoms with E-state index in [0.717, 1.165) is 0 Å². The van der Waals surface area contributed by atoms with Crippen molar-refractivity contribution in [3.05, 3.63) is 30.3 Å². The van der Waals surface area contributed by atoms with Crippen molar-refractivity contribution < 1.29 is 14.1 Å². The highest BCUT2D eigenvalue weighted by Crippen LogP contribution is 2.40. The van der Waals surface area contributed by atoms with Crippen LogP contribution in [0.5, 0.6) is 0 Å². The minimum atomic E-state index is -3.36. The zero-order chi connectivity index (χ0) is 8.32. The summed E-state index contributed by atoms with van der Waals surface area (Å²) in [6.45, 7) is -3.36. The third-order valence-corrected chi connectivity index (χ3v) is 3.12. The van der Waals surface area contributed by atoms with Crippen LogP contribution in [0.3, 0.4) is 0 Å². The standard InChI is InChI=1S/C6H6FO2PS.2ClH/c7-9-10(8,11)6-4-2-1-3-5-6;;/h1-5H,(H,8,11);2*1H. The molecule has 13 heavy (non-hydrogen) atoms. The summed E-state index contributed by atoms with van der Waals surface area (Å²) in [7, 11) is 0. The van der Waals surface area contributed by atoms with Crippen molar-refractivity contribution in [2.45, 2.75) is 0 Å². The molecule has 0 saturated carbocycles. The molecule has 1 aromatic carbocycles. The van der Waals surface area contributed by atoms with Crippen LogP contribution in [0.25, 0.3) is 0 Å². The fourth-order valence-corrected chi connectivity index (χ4v) is 1.65. The van der Waals surface area contributed by atoms with Gasteiger partial charge >= 0.3 is 0 Å². The number of hydrogen-bond donors (Lipinski definition) is 1. The maximum absolute atomic E-state index is 11.7. The first kappa shape index (κ1) is 15.8. The fraction of sp³-hybridized carbons (Fsp3) is 0. The fourth-order valence-electron chi connectivity index (χ4n) is 0.656. The van der Waals surface area contributed by atoms with Gasteiger partial charge in [-0.1, -0.05) is 18.2 Å². The lowest BCUT2D eigenvalue weighted by atomic mass is 10.4. The van der Waals surface area contributed by atoms with E-state index in [0.29, 0.717) is 5.30 Å². The van der Waals surface area contributed by atoms with Crippen LogP contribution in [-0.2, 0) is 16.5 Å². The predicted octanol–water partition coefficient (Wildman–Crippen LogP) is 2.36. The molecule has 0 amide bonds. The average Bonchev–Trinajstić information content (AvgIpc) is 2.06. The van der Waals surface area contributed by atoms with Crippen LogP contribution in [0.4, 0.5) is 4.53 Å². The highest BCUT2D eigenvalue weighted by Gasteiger charge is 2.16. The highest BCUT2D eigenvalue weighted by molar-refractivity contribution is 8.13. The van der Waals surface area contributed by atoms with Gasteiger partial charge < -0.3 is 4.89 Å². The van der Waals surface area contributed by atoms with Crippen LogP contribution in [0.2, 0.25) is 0 Å². The normalized spacial score (nSPS) is 13.4. The Morgan fingerprint density at radius 2 is 1.69 bits per heavy atom. The molecular formula is C6H8Cl2FO2PS. The van der Waals surface area contributed by atoms with Gasteiger partial charge in [-0.2, -0.15) is 0 Å². The van der Waals surface area contributed by atoms with Crippen LogP contribution in [0, 0.1) is 0 Å². The lowest BCUT2D eigenvalue weighted by molar-refractivity contribution is -0.00190. The van der Waals surface area contributed by atoms with Crippen molar-refractivity contribution in [3.8, 4) is 0 Å². The molecule has 1 aromatic rings. The van der Waals surface area contributed by atoms with E-state index in [1.807, 2.05) is 0 Å². The molecule has 0 fully saturated rings. The molecule has 0 spiro atoms. The highest BCUT2D eigenvalue weighted by atomic mass is 35.5. The zero-order valence-corrected chi connectivity index (χ0v) is 9.64. The molecule has 0 aromatic heterocycles. The van der Waals surface area contributed by atoms with Gasteiger partial charge in [-0.05, 0) is 28.5 Å². The lowest BCUT2D eigenvalue weighted by Crippen LogP contribution is -2.02. The number of halogens is 3. The van der Waals surface area contributed by atoms with E-state index in [-0.39, 0.29) is 24.8 Å². The Balaban J connectivity index is 0. The molecule has 0 radical (unpaired) electrons. The van der Waals surface area contributed by atoms with Crippen molar-refractivity contribution in [1.82, 2.24) is 0 Å². The summed E-state index contributed by atoms with van der Waals surface area (Å²) in [5.74, 6) is 0. The topological polar surface area (TPSA) is 29.5 Å². The summed E-state index contributed by atoms with van der Waals surface area (Å²) in [5, 5.41) is 0.317. The molecule has 0 saturated heterocycles. The Labute approximate surface area is 93.0 Å². The maximum atomic E-state index is 11.7. The van der Waals surface area contributed by atoms with Crippen molar-refractivity contribution in [2.24, 2.45) is 0 Å². The second kappa shape index (κ2) is 6.71. The Morgan fingerprint density at radius 1 is 1.23 bits per heavy atom. The summed E-state index contributed by atoms with van der Waals surface area (Å²) in [4.78, 5) is 9.12. The van der Waals surface area contributed by atoms with Crippen molar-refractivity contribution in [3.63, 3.8) is 0 Å². The van der Waals surface area contributed by atoms with Crippen molar-refractivity contribution in [1.29, 1.82) is 0 Å². The number of benzene rings is 1. The number of rotatable bonds is 2. The second-order valence-electron chi connectivity index (χ2n) is 1.92. The van der Waals surface area contributed by atoms with Crippen LogP contribution in [-0.4, -0.2) is 4.89 Å². The first-order valence-corrected chi connectivity index (χ1v) is 5.53. The van der Waals surface area contributed by atoms with E-state index < -0.39 is 6.49 Å². The molecule has 1 rings (SSSR count). The molecular weight excluding hydrogens is 257 g/mol. The number of hydrogen-bond acceptors (Lipinski definition) is 2. The third kappa shape index (κ3) is 4.36. The van der Waals surface area contributed by atoms with Gasteiger partial charge in [-0.15, -0.1) is 29.5 Å². The molecule has 2 nitrogen and oxygen atoms in total. The van der Waals surface area contributed by atoms with Crippen molar-refractivity contribution >= 4 is 48.4 Å². The van der Waals surface area contributed by atoms with E-state index >= 15 is 0 Å². The van der Waals surface area contributed by atoms with E-state index in [4.69, 9.17) is 4.89 Å². The van der Waals surface area contributed by atoms with Crippen molar-refractivity contribution in [2.75, 3.05) is 0 Å². The largest absolute Gasteiger partial charge is 0.340 e. The minimum absolute atomic E-state index is 0. The molecule has 0 aliphatic rings. The van der Waals surface area contributed by atoms with Gasteiger partial charge in [-0.25, -0.2) is 0 Å². The van der Waals surface area contributed by atoms with Crippen LogP contribution in [0.15, 0.2) is 30.3 Å². The molecule has 76 valence electrons. The predicted molar refractivity (Wildman–Crippen MR) is 59.3 cm³/mol. The third-order valence-electron chi connectivity index (χ3n) is 1.18. The van der Waals surface area contributed by atoms with Crippen LogP contribution in [0.1, 0.15) is 0 Å². The average molecular weight is 265 g/mol. The van der Waals surface area contributed by atoms with Gasteiger partial charge in [0, 0.05) is 5.30 Å². The minimum Gasteiger partial charge on any atom is -0.340 e. The molecule has 1 unspecified atom stereocenters. The van der Waals surface area contributed by atoms with Gasteiger partial charge in [-0.3, -0.25) is 0 Å². The molecule has 1 atom stereocenters. The van der Waals surface area contributed by atoms with Gasteiger partial charge in [0.15, 0.2) is 0 Å². The maximum Gasteiger partial charge on any atom is 0.255 e. The van der Waals surface area contributed by atoms with E-state index in [1.54, 1.807) is 18.2 Å². The first-order chi connectivity index (χ1) is 5.17. The van der Waals surface area contributed by atoms with Crippen LogP contribution < -0.4 is 5.30 Å². The second-order valence-corrected chi connectivity index (χ2v) is 5.11. The molecule has 0 bridgehead atoms. The quantitative estimate of drug-likeness (QED) is 0.832. The Hall–Kier alpha value is 0.300. The summed E-state index contributed by atoms with van der Waals surface area (Å²) in [5.41, 5.74) is 0.